The quantitative estimate of drug-likeness (QED) is 0.0318. The van der Waals surface area contributed by atoms with Crippen molar-refractivity contribution in [2.75, 3.05) is 40.9 Å². The van der Waals surface area contributed by atoms with Gasteiger partial charge in [-0.15, -0.1) is 0 Å². The van der Waals surface area contributed by atoms with Crippen molar-refractivity contribution < 1.29 is 32.9 Å². The summed E-state index contributed by atoms with van der Waals surface area (Å²) in [5, 5.41) is 14.1. The van der Waals surface area contributed by atoms with Crippen LogP contribution in [0.2, 0.25) is 0 Å². The SMILES string of the molecule is CCCCCCCCCCCCCCCCCCCCCCCCCCCCCCCCCCCCCCCCC(=O)NC(COP(=O)(O)OCC[N+](C)(C)C)C(O)CCCCCCCCCCCCCCCCCCCCC. The third kappa shape index (κ3) is 64.9. The fourth-order valence-corrected chi connectivity index (χ4v) is 12.3. The molecule has 0 bridgehead atoms. The van der Waals surface area contributed by atoms with E-state index >= 15 is 0 Å². The second kappa shape index (κ2) is 62.0. The Morgan fingerprint density at radius 1 is 0.380 bits per heavy atom. The van der Waals surface area contributed by atoms with E-state index in [1.165, 1.54) is 327 Å². The maximum atomic E-state index is 13.1. The fraction of sp³-hybridized carbons (Fsp3) is 0.986. The lowest BCUT2D eigenvalue weighted by Crippen LogP contribution is -2.46. The molecule has 0 fully saturated rings. The lowest BCUT2D eigenvalue weighted by molar-refractivity contribution is -0.870. The first-order chi connectivity index (χ1) is 38.5. The van der Waals surface area contributed by atoms with Gasteiger partial charge >= 0.3 is 7.82 Å². The number of quaternary nitrogens is 1. The second-order valence-corrected chi connectivity index (χ2v) is 27.8. The van der Waals surface area contributed by atoms with Crippen molar-refractivity contribution in [3.05, 3.63) is 0 Å². The van der Waals surface area contributed by atoms with E-state index in [1.54, 1.807) is 0 Å². The Balaban J connectivity index is 3.86. The maximum absolute atomic E-state index is 13.1. The van der Waals surface area contributed by atoms with Crippen molar-refractivity contribution in [1.29, 1.82) is 0 Å². The van der Waals surface area contributed by atoms with Gasteiger partial charge in [-0.2, -0.15) is 0 Å². The minimum atomic E-state index is -4.32. The van der Waals surface area contributed by atoms with Crippen LogP contribution in [0.4, 0.5) is 0 Å². The monoisotopic (exact) mass is 1140 g/mol. The molecular weight excluding hydrogens is 996 g/mol. The molecule has 1 amide bonds. The summed E-state index contributed by atoms with van der Waals surface area (Å²) in [5.74, 6) is -0.133. The van der Waals surface area contributed by atoms with Crippen LogP contribution in [0.1, 0.15) is 393 Å². The zero-order valence-corrected chi connectivity index (χ0v) is 55.3. The number of aliphatic hydroxyl groups excluding tert-OH is 1. The first-order valence-electron chi connectivity index (χ1n) is 35.9. The van der Waals surface area contributed by atoms with Crippen molar-refractivity contribution in [1.82, 2.24) is 5.32 Å². The Labute approximate surface area is 495 Å². The standard InChI is InChI=1S/C70H143N2O6P/c1-6-8-10-12-14-16-18-20-22-24-26-27-28-29-30-31-32-33-34-35-36-37-38-39-40-41-42-43-44-46-48-50-52-54-56-58-60-62-64-70(74)71-68(67-78-79(75,76)77-66-65-72(3,4)5)69(73)63-61-59-57-55-53-51-49-47-45-25-23-21-19-17-15-13-11-9-7-2/h68-69,73H,6-67H2,1-5H3,(H-,71,74,75,76)/p+1. The lowest BCUT2D eigenvalue weighted by atomic mass is 10.0. The number of unbranched alkanes of at least 4 members (excludes halogenated alkanes) is 55. The predicted octanol–water partition coefficient (Wildman–Crippen LogP) is 22.7. The van der Waals surface area contributed by atoms with Gasteiger partial charge in [-0.3, -0.25) is 13.8 Å². The van der Waals surface area contributed by atoms with Crippen molar-refractivity contribution in [2.24, 2.45) is 0 Å². The van der Waals surface area contributed by atoms with Gasteiger partial charge < -0.3 is 19.8 Å². The van der Waals surface area contributed by atoms with Crippen LogP contribution >= 0.6 is 7.82 Å². The number of hydrogen-bond donors (Lipinski definition) is 3. The number of rotatable bonds is 68. The summed E-state index contributed by atoms with van der Waals surface area (Å²) in [6.45, 7) is 4.96. The van der Waals surface area contributed by atoms with Crippen LogP contribution in [0.5, 0.6) is 0 Å². The van der Waals surface area contributed by atoms with E-state index in [1.807, 2.05) is 21.1 Å². The van der Waals surface area contributed by atoms with Crippen molar-refractivity contribution in [3.8, 4) is 0 Å². The highest BCUT2D eigenvalue weighted by atomic mass is 31.2. The Kier molecular flexibility index (Phi) is 61.7. The molecule has 0 saturated carbocycles. The summed E-state index contributed by atoms with van der Waals surface area (Å²) < 4.78 is 23.9. The minimum absolute atomic E-state index is 0.0794. The molecule has 0 rings (SSSR count). The number of aliphatic hydroxyl groups is 1. The van der Waals surface area contributed by atoms with Gasteiger partial charge in [0.25, 0.3) is 0 Å². The third-order valence-corrected chi connectivity index (χ3v) is 18.1. The van der Waals surface area contributed by atoms with Gasteiger partial charge in [-0.05, 0) is 12.8 Å². The number of hydrogen-bond acceptors (Lipinski definition) is 5. The summed E-state index contributed by atoms with van der Waals surface area (Å²) in [6, 6.07) is -0.756. The molecule has 3 atom stereocenters. The number of amides is 1. The van der Waals surface area contributed by atoms with Crippen LogP contribution in [-0.2, 0) is 18.4 Å². The molecule has 0 radical (unpaired) electrons. The van der Waals surface area contributed by atoms with Crippen LogP contribution in [0.15, 0.2) is 0 Å². The van der Waals surface area contributed by atoms with Gasteiger partial charge in [0.2, 0.25) is 5.91 Å². The zero-order valence-electron chi connectivity index (χ0n) is 54.4. The average Bonchev–Trinajstić information content (AvgIpc) is 3.42. The van der Waals surface area contributed by atoms with Crippen LogP contribution in [0, 0.1) is 0 Å². The van der Waals surface area contributed by atoms with Gasteiger partial charge in [-0.25, -0.2) is 4.57 Å². The van der Waals surface area contributed by atoms with Gasteiger partial charge in [0.15, 0.2) is 0 Å². The number of likely N-dealkylation sites (N-methyl/N-ethyl adjacent to an activating group) is 1. The van der Waals surface area contributed by atoms with Crippen LogP contribution in [-0.4, -0.2) is 73.4 Å². The third-order valence-electron chi connectivity index (χ3n) is 17.1. The van der Waals surface area contributed by atoms with Crippen LogP contribution < -0.4 is 5.32 Å². The largest absolute Gasteiger partial charge is 0.472 e. The molecule has 0 aliphatic carbocycles. The highest BCUT2D eigenvalue weighted by molar-refractivity contribution is 7.47. The molecule has 79 heavy (non-hydrogen) atoms. The summed E-state index contributed by atoms with van der Waals surface area (Å²) in [4.78, 5) is 23.4. The molecule has 0 saturated heterocycles. The number of phosphoric ester groups is 1. The number of nitrogens with one attached hydrogen (secondary N) is 1. The van der Waals surface area contributed by atoms with E-state index in [-0.39, 0.29) is 19.1 Å². The number of nitrogens with zero attached hydrogens (tertiary/aromatic N) is 1. The van der Waals surface area contributed by atoms with Crippen LogP contribution in [0.25, 0.3) is 0 Å². The summed E-state index contributed by atoms with van der Waals surface area (Å²) >= 11 is 0. The number of phosphoric acid groups is 1. The normalized spacial score (nSPS) is 13.6. The average molecular weight is 1140 g/mol. The topological polar surface area (TPSA) is 105 Å². The Morgan fingerprint density at radius 3 is 0.848 bits per heavy atom. The van der Waals surface area contributed by atoms with Gasteiger partial charge in [0, 0.05) is 6.42 Å². The molecule has 8 nitrogen and oxygen atoms in total. The second-order valence-electron chi connectivity index (χ2n) is 26.3. The van der Waals surface area contributed by atoms with E-state index in [4.69, 9.17) is 9.05 Å². The molecule has 474 valence electrons. The van der Waals surface area contributed by atoms with E-state index in [0.717, 1.165) is 38.5 Å². The van der Waals surface area contributed by atoms with Gasteiger partial charge in [0.05, 0.1) is 39.9 Å². The Morgan fingerprint density at radius 2 is 0.608 bits per heavy atom. The maximum Gasteiger partial charge on any atom is 0.472 e. The molecule has 0 heterocycles. The van der Waals surface area contributed by atoms with E-state index < -0.39 is 20.0 Å². The van der Waals surface area contributed by atoms with Crippen molar-refractivity contribution in [3.63, 3.8) is 0 Å². The Bertz CT molecular complexity index is 1250. The molecule has 0 spiro atoms. The summed E-state index contributed by atoms with van der Waals surface area (Å²) in [5.41, 5.74) is 0. The summed E-state index contributed by atoms with van der Waals surface area (Å²) in [7, 11) is 1.64. The smallest absolute Gasteiger partial charge is 0.391 e. The fourth-order valence-electron chi connectivity index (χ4n) is 11.5. The molecule has 0 aromatic heterocycles. The zero-order chi connectivity index (χ0) is 57.7. The lowest BCUT2D eigenvalue weighted by Gasteiger charge is -2.26. The molecule has 0 aromatic carbocycles. The molecule has 3 N–H and O–H groups in total. The molecule has 9 heteroatoms. The van der Waals surface area contributed by atoms with Gasteiger partial charge in [0.1, 0.15) is 13.2 Å². The molecular formula is C70H144N2O6P+. The predicted molar refractivity (Wildman–Crippen MR) is 346 cm³/mol. The van der Waals surface area contributed by atoms with E-state index in [9.17, 15) is 19.4 Å². The van der Waals surface area contributed by atoms with Crippen LogP contribution in [0.3, 0.4) is 0 Å². The molecule has 3 unspecified atom stereocenters. The number of carbonyl (C=O) groups excluding carboxylic acids is 1. The van der Waals surface area contributed by atoms with Crippen molar-refractivity contribution in [2.45, 2.75) is 405 Å². The van der Waals surface area contributed by atoms with Crippen molar-refractivity contribution >= 4 is 13.7 Å². The highest BCUT2D eigenvalue weighted by Gasteiger charge is 2.28. The highest BCUT2D eigenvalue weighted by Crippen LogP contribution is 2.43. The minimum Gasteiger partial charge on any atom is -0.391 e. The molecule has 0 aliphatic rings. The van der Waals surface area contributed by atoms with Gasteiger partial charge in [-0.1, -0.05) is 373 Å². The molecule has 0 aromatic rings. The summed E-state index contributed by atoms with van der Waals surface area (Å²) in [6.07, 6.45) is 78.0. The first kappa shape index (κ1) is 78.5. The van der Waals surface area contributed by atoms with E-state index in [0.29, 0.717) is 23.9 Å². The number of carbonyl (C=O) groups is 1. The molecule has 0 aliphatic heterocycles. The first-order valence-corrected chi connectivity index (χ1v) is 37.4. The Hall–Kier alpha value is -0.500. The van der Waals surface area contributed by atoms with E-state index in [2.05, 4.69) is 19.2 Å².